The lowest BCUT2D eigenvalue weighted by atomic mass is 10.1. The van der Waals surface area contributed by atoms with Gasteiger partial charge in [0.25, 0.3) is 0 Å². The summed E-state index contributed by atoms with van der Waals surface area (Å²) in [7, 11) is 4.14. The lowest BCUT2D eigenvalue weighted by Crippen LogP contribution is -2.18. The quantitative estimate of drug-likeness (QED) is 0.671. The highest BCUT2D eigenvalue weighted by Crippen LogP contribution is 2.26. The van der Waals surface area contributed by atoms with Gasteiger partial charge in [0.2, 0.25) is 0 Å². The third-order valence-electron chi connectivity index (χ3n) is 4.20. The summed E-state index contributed by atoms with van der Waals surface area (Å²) in [6.45, 7) is 5.46. The van der Waals surface area contributed by atoms with Gasteiger partial charge in [0.15, 0.2) is 5.78 Å². The van der Waals surface area contributed by atoms with Crippen LogP contribution in [0.1, 0.15) is 22.8 Å². The number of fused-ring (bicyclic) bond motifs is 1. The number of aryl methyl sites for hydroxylation is 1. The SMILES string of the molecule is CC(=O)c1ccc2c(c1)nc(-c1cccc(C)c1)n2CCN(C)C. The van der Waals surface area contributed by atoms with E-state index in [1.54, 1.807) is 6.92 Å². The third kappa shape index (κ3) is 3.24. The minimum atomic E-state index is 0.0665. The number of hydrogen-bond acceptors (Lipinski definition) is 3. The van der Waals surface area contributed by atoms with Crippen LogP contribution in [0.15, 0.2) is 42.5 Å². The van der Waals surface area contributed by atoms with Crippen molar-refractivity contribution in [2.45, 2.75) is 20.4 Å². The van der Waals surface area contributed by atoms with Crippen molar-refractivity contribution in [2.24, 2.45) is 0 Å². The average molecular weight is 321 g/mol. The fourth-order valence-electron chi connectivity index (χ4n) is 2.88. The Balaban J connectivity index is 2.18. The molecule has 0 atom stereocenters. The fraction of sp³-hybridized carbons (Fsp3) is 0.300. The largest absolute Gasteiger partial charge is 0.323 e. The molecule has 0 N–H and O–H groups in total. The number of imidazole rings is 1. The fourth-order valence-corrected chi connectivity index (χ4v) is 2.88. The van der Waals surface area contributed by atoms with Crippen LogP contribution >= 0.6 is 0 Å². The normalized spacial score (nSPS) is 11.4. The smallest absolute Gasteiger partial charge is 0.159 e. The van der Waals surface area contributed by atoms with Crippen LogP contribution in [0.2, 0.25) is 0 Å². The van der Waals surface area contributed by atoms with E-state index >= 15 is 0 Å². The zero-order chi connectivity index (χ0) is 17.3. The van der Waals surface area contributed by atoms with Gasteiger partial charge in [-0.15, -0.1) is 0 Å². The topological polar surface area (TPSA) is 38.1 Å². The molecular weight excluding hydrogens is 298 g/mol. The number of rotatable bonds is 5. The number of ketones is 1. The Bertz CT molecular complexity index is 893. The van der Waals surface area contributed by atoms with Crippen molar-refractivity contribution in [3.8, 4) is 11.4 Å². The molecule has 0 fully saturated rings. The lowest BCUT2D eigenvalue weighted by Gasteiger charge is -2.13. The van der Waals surface area contributed by atoms with Crippen LogP contribution in [0.4, 0.5) is 0 Å². The second kappa shape index (κ2) is 6.57. The Kier molecular flexibility index (Phi) is 4.49. The molecule has 0 amide bonds. The van der Waals surface area contributed by atoms with Crippen LogP contribution in [0.3, 0.4) is 0 Å². The summed E-state index contributed by atoms with van der Waals surface area (Å²) in [5.74, 6) is 1.02. The number of benzene rings is 2. The predicted molar refractivity (Wildman–Crippen MR) is 98.5 cm³/mol. The van der Waals surface area contributed by atoms with Crippen molar-refractivity contribution in [3.63, 3.8) is 0 Å². The summed E-state index contributed by atoms with van der Waals surface area (Å²) in [6.07, 6.45) is 0. The third-order valence-corrected chi connectivity index (χ3v) is 4.20. The summed E-state index contributed by atoms with van der Waals surface area (Å²) < 4.78 is 2.24. The average Bonchev–Trinajstić information content (AvgIpc) is 2.90. The van der Waals surface area contributed by atoms with Gasteiger partial charge in [-0.3, -0.25) is 4.79 Å². The monoisotopic (exact) mass is 321 g/mol. The molecule has 124 valence electrons. The number of Topliss-reactive ketones (excluding diaryl/α,β-unsaturated/α-hetero) is 1. The summed E-state index contributed by atoms with van der Waals surface area (Å²) in [4.78, 5) is 18.7. The van der Waals surface area contributed by atoms with Crippen molar-refractivity contribution in [1.82, 2.24) is 14.5 Å². The Hall–Kier alpha value is -2.46. The maximum atomic E-state index is 11.7. The molecule has 0 unspecified atom stereocenters. The highest BCUT2D eigenvalue weighted by molar-refractivity contribution is 5.97. The van der Waals surface area contributed by atoms with Crippen molar-refractivity contribution in [1.29, 1.82) is 0 Å². The van der Waals surface area contributed by atoms with Crippen LogP contribution in [0.25, 0.3) is 22.4 Å². The van der Waals surface area contributed by atoms with Gasteiger partial charge < -0.3 is 9.47 Å². The second-order valence-electron chi connectivity index (χ2n) is 6.52. The van der Waals surface area contributed by atoms with E-state index in [0.29, 0.717) is 5.56 Å². The molecule has 0 aliphatic rings. The van der Waals surface area contributed by atoms with Crippen LogP contribution in [-0.4, -0.2) is 40.9 Å². The molecule has 0 bridgehead atoms. The first-order chi connectivity index (χ1) is 11.5. The van der Waals surface area contributed by atoms with E-state index in [1.165, 1.54) is 5.56 Å². The first-order valence-corrected chi connectivity index (χ1v) is 8.18. The Morgan fingerprint density at radius 3 is 2.62 bits per heavy atom. The van der Waals surface area contributed by atoms with Gasteiger partial charge in [-0.2, -0.15) is 0 Å². The van der Waals surface area contributed by atoms with Crippen LogP contribution < -0.4 is 0 Å². The maximum absolute atomic E-state index is 11.7. The molecule has 2 aromatic carbocycles. The number of carbonyl (C=O) groups is 1. The van der Waals surface area contributed by atoms with Crippen LogP contribution in [-0.2, 0) is 6.54 Å². The van der Waals surface area contributed by atoms with Gasteiger partial charge in [0.05, 0.1) is 11.0 Å². The zero-order valence-corrected chi connectivity index (χ0v) is 14.7. The van der Waals surface area contributed by atoms with Crippen molar-refractivity contribution in [3.05, 3.63) is 53.6 Å². The second-order valence-corrected chi connectivity index (χ2v) is 6.52. The molecule has 3 rings (SSSR count). The predicted octanol–water partition coefficient (Wildman–Crippen LogP) is 3.78. The molecule has 0 saturated carbocycles. The van der Waals surface area contributed by atoms with Gasteiger partial charge in [-0.05, 0) is 52.2 Å². The molecule has 0 spiro atoms. The number of carbonyl (C=O) groups excluding carboxylic acids is 1. The summed E-state index contributed by atoms with van der Waals surface area (Å²) in [5.41, 5.74) is 4.96. The molecule has 4 heteroatoms. The van der Waals surface area contributed by atoms with Gasteiger partial charge in [0, 0.05) is 24.2 Å². The molecule has 0 aliphatic heterocycles. The highest BCUT2D eigenvalue weighted by Gasteiger charge is 2.14. The Labute approximate surface area is 142 Å². The minimum Gasteiger partial charge on any atom is -0.323 e. The van der Waals surface area contributed by atoms with Gasteiger partial charge in [-0.1, -0.05) is 23.8 Å². The van der Waals surface area contributed by atoms with E-state index < -0.39 is 0 Å². The summed E-state index contributed by atoms with van der Waals surface area (Å²) in [6, 6.07) is 14.2. The van der Waals surface area contributed by atoms with Crippen molar-refractivity contribution in [2.75, 3.05) is 20.6 Å². The molecule has 4 nitrogen and oxygen atoms in total. The van der Waals surface area contributed by atoms with E-state index in [-0.39, 0.29) is 5.78 Å². The highest BCUT2D eigenvalue weighted by atomic mass is 16.1. The first kappa shape index (κ1) is 16.4. The van der Waals surface area contributed by atoms with E-state index in [9.17, 15) is 4.79 Å². The minimum absolute atomic E-state index is 0.0665. The van der Waals surface area contributed by atoms with Gasteiger partial charge in [0.1, 0.15) is 5.82 Å². The molecule has 0 radical (unpaired) electrons. The maximum Gasteiger partial charge on any atom is 0.159 e. The zero-order valence-electron chi connectivity index (χ0n) is 14.7. The summed E-state index contributed by atoms with van der Waals surface area (Å²) >= 11 is 0. The standard InChI is InChI=1S/C20H23N3O/c1-14-6-5-7-17(12-14)20-21-18-13-16(15(2)24)8-9-19(18)23(20)11-10-22(3)4/h5-9,12-13H,10-11H2,1-4H3. The molecule has 0 aliphatic carbocycles. The van der Waals surface area contributed by atoms with Crippen molar-refractivity contribution < 1.29 is 4.79 Å². The number of aromatic nitrogens is 2. The van der Waals surface area contributed by atoms with E-state index in [4.69, 9.17) is 4.98 Å². The molecule has 1 aromatic heterocycles. The van der Waals surface area contributed by atoms with Crippen molar-refractivity contribution >= 4 is 16.8 Å². The van der Waals surface area contributed by atoms with Gasteiger partial charge in [-0.25, -0.2) is 4.98 Å². The number of likely N-dealkylation sites (N-methyl/N-ethyl adjacent to an activating group) is 1. The molecular formula is C20H23N3O. The van der Waals surface area contributed by atoms with E-state index in [0.717, 1.165) is 35.5 Å². The first-order valence-electron chi connectivity index (χ1n) is 8.18. The van der Waals surface area contributed by atoms with E-state index in [1.807, 2.05) is 18.2 Å². The number of hydrogen-bond donors (Lipinski definition) is 0. The van der Waals surface area contributed by atoms with E-state index in [2.05, 4.69) is 54.8 Å². The van der Waals surface area contributed by atoms with Crippen LogP contribution in [0, 0.1) is 6.92 Å². The molecule has 3 aromatic rings. The summed E-state index contributed by atoms with van der Waals surface area (Å²) in [5, 5.41) is 0. The molecule has 1 heterocycles. The number of nitrogens with zero attached hydrogens (tertiary/aromatic N) is 3. The Morgan fingerprint density at radius 1 is 1.17 bits per heavy atom. The lowest BCUT2D eigenvalue weighted by molar-refractivity contribution is 0.101. The van der Waals surface area contributed by atoms with Crippen LogP contribution in [0.5, 0.6) is 0 Å². The Morgan fingerprint density at radius 2 is 1.96 bits per heavy atom. The molecule has 0 saturated heterocycles. The molecule has 24 heavy (non-hydrogen) atoms. The van der Waals surface area contributed by atoms with Gasteiger partial charge >= 0.3 is 0 Å².